The lowest BCUT2D eigenvalue weighted by molar-refractivity contribution is 0.0864. The van der Waals surface area contributed by atoms with Crippen LogP contribution in [0.3, 0.4) is 0 Å². The Morgan fingerprint density at radius 2 is 1.04 bits per heavy atom. The van der Waals surface area contributed by atoms with Crippen LogP contribution in [0.2, 0.25) is 0 Å². The molecule has 4 heteroatoms. The van der Waals surface area contributed by atoms with E-state index >= 15 is 0 Å². The Hall–Kier alpha value is -5.06. The number of anilines is 4. The molecule has 2 saturated carbocycles. The molecule has 0 N–H and O–H groups in total. The Bertz CT molecular complexity index is 2380. The molecule has 2 heterocycles. The summed E-state index contributed by atoms with van der Waals surface area (Å²) in [5, 5.41) is 17.7. The molecule has 6 aromatic carbocycles. The molecule has 2 fully saturated rings. The molecule has 6 aromatic rings. The van der Waals surface area contributed by atoms with Crippen LogP contribution in [-0.4, -0.2) is 11.1 Å². The van der Waals surface area contributed by atoms with Gasteiger partial charge in [0.2, 0.25) is 0 Å². The van der Waals surface area contributed by atoms with E-state index in [0.717, 1.165) is 36.9 Å². The minimum absolute atomic E-state index is 0.0499. The third-order valence-corrected chi connectivity index (χ3v) is 15.0. The molecule has 0 aromatic heterocycles. The second-order valence-corrected chi connectivity index (χ2v) is 17.6. The van der Waals surface area contributed by atoms with E-state index in [9.17, 15) is 5.26 Å². The number of hydrogen-bond acceptors (Lipinski definition) is 3. The van der Waals surface area contributed by atoms with Crippen LogP contribution in [-0.2, 0) is 12.8 Å². The fraction of sp³-hybridized carbons (Fsp3) is 0.375. The lowest BCUT2D eigenvalue weighted by Crippen LogP contribution is -2.60. The Balaban J connectivity index is 1.24. The summed E-state index contributed by atoms with van der Waals surface area (Å²) in [5.41, 5.74) is 9.24. The first-order valence-electron chi connectivity index (χ1n) is 19.5. The van der Waals surface area contributed by atoms with Gasteiger partial charge in [-0.05, 0) is 132 Å². The SMILES string of the molecule is [C-]#[N+]c1ccc2c(c1)CC1(C)CCCCC1(C)N2c1ccc2ccc3c(N4c5ccc(C#N)cc5CC5(C)CCCCC45C)ccc4ccc1c2c43. The molecule has 4 atom stereocenters. The molecular weight excluding hydrogens is 633 g/mol. The molecule has 4 aliphatic rings. The first kappa shape index (κ1) is 31.7. The monoisotopic (exact) mass is 678 g/mol. The zero-order valence-corrected chi connectivity index (χ0v) is 30.9. The molecule has 0 bridgehead atoms. The van der Waals surface area contributed by atoms with Crippen molar-refractivity contribution in [3.8, 4) is 6.07 Å². The summed E-state index contributed by atoms with van der Waals surface area (Å²) < 4.78 is 0. The molecule has 0 amide bonds. The number of hydrogen-bond donors (Lipinski definition) is 0. The Morgan fingerprint density at radius 3 is 1.56 bits per heavy atom. The van der Waals surface area contributed by atoms with Crippen molar-refractivity contribution in [2.45, 2.75) is 103 Å². The lowest BCUT2D eigenvalue weighted by Gasteiger charge is -2.60. The van der Waals surface area contributed by atoms with Gasteiger partial charge in [-0.2, -0.15) is 5.26 Å². The predicted molar refractivity (Wildman–Crippen MR) is 216 cm³/mol. The second-order valence-electron chi connectivity index (χ2n) is 17.6. The third kappa shape index (κ3) is 4.02. The molecule has 2 aliphatic carbocycles. The zero-order valence-electron chi connectivity index (χ0n) is 30.9. The van der Waals surface area contributed by atoms with Crippen molar-refractivity contribution in [1.29, 1.82) is 5.26 Å². The molecule has 0 saturated heterocycles. The van der Waals surface area contributed by atoms with Crippen molar-refractivity contribution in [1.82, 2.24) is 0 Å². The lowest BCUT2D eigenvalue weighted by atomic mass is 9.57. The van der Waals surface area contributed by atoms with Gasteiger partial charge in [-0.3, -0.25) is 0 Å². The van der Waals surface area contributed by atoms with E-state index in [2.05, 4.69) is 121 Å². The smallest absolute Gasteiger partial charge is 0.187 e. The number of nitriles is 1. The van der Waals surface area contributed by atoms with Gasteiger partial charge in [0.25, 0.3) is 0 Å². The number of rotatable bonds is 2. The molecule has 10 rings (SSSR count). The van der Waals surface area contributed by atoms with Gasteiger partial charge in [-0.1, -0.05) is 88.1 Å². The topological polar surface area (TPSA) is 34.6 Å². The highest BCUT2D eigenvalue weighted by molar-refractivity contribution is 6.27. The van der Waals surface area contributed by atoms with Crippen molar-refractivity contribution < 1.29 is 0 Å². The highest BCUT2D eigenvalue weighted by Crippen LogP contribution is 2.61. The average molecular weight is 679 g/mol. The van der Waals surface area contributed by atoms with Crippen LogP contribution in [0, 0.1) is 28.7 Å². The maximum Gasteiger partial charge on any atom is 0.187 e. The molecule has 0 spiro atoms. The molecule has 0 radical (unpaired) electrons. The van der Waals surface area contributed by atoms with Crippen LogP contribution in [0.15, 0.2) is 84.9 Å². The Kier molecular flexibility index (Phi) is 6.54. The molecule has 52 heavy (non-hydrogen) atoms. The molecular formula is C48H46N4. The maximum atomic E-state index is 9.88. The quantitative estimate of drug-likeness (QED) is 0.135. The van der Waals surface area contributed by atoms with Crippen LogP contribution in [0.5, 0.6) is 0 Å². The fourth-order valence-electron chi connectivity index (χ4n) is 11.8. The van der Waals surface area contributed by atoms with Gasteiger partial charge in [0.15, 0.2) is 5.69 Å². The van der Waals surface area contributed by atoms with E-state index in [4.69, 9.17) is 6.57 Å². The summed E-state index contributed by atoms with van der Waals surface area (Å²) in [7, 11) is 0. The molecule has 4 unspecified atom stereocenters. The van der Waals surface area contributed by atoms with Gasteiger partial charge >= 0.3 is 0 Å². The molecule has 4 nitrogen and oxygen atoms in total. The van der Waals surface area contributed by atoms with E-state index in [1.54, 1.807) is 0 Å². The van der Waals surface area contributed by atoms with Crippen LogP contribution >= 0.6 is 0 Å². The second kappa shape index (κ2) is 10.7. The molecule has 258 valence electrons. The van der Waals surface area contributed by atoms with Crippen molar-refractivity contribution in [3.63, 3.8) is 0 Å². The normalized spacial score (nSPS) is 28.2. The summed E-state index contributed by atoms with van der Waals surface area (Å²) in [6.45, 7) is 17.8. The zero-order chi connectivity index (χ0) is 35.6. The van der Waals surface area contributed by atoms with Gasteiger partial charge in [-0.15, -0.1) is 0 Å². The van der Waals surface area contributed by atoms with E-state index in [1.807, 2.05) is 12.1 Å². The summed E-state index contributed by atoms with van der Waals surface area (Å²) in [4.78, 5) is 9.24. The van der Waals surface area contributed by atoms with Crippen LogP contribution in [0.4, 0.5) is 28.4 Å². The predicted octanol–water partition coefficient (Wildman–Crippen LogP) is 13.1. The summed E-state index contributed by atoms with van der Waals surface area (Å²) in [6.07, 6.45) is 11.7. The fourth-order valence-corrected chi connectivity index (χ4v) is 11.8. The maximum absolute atomic E-state index is 9.88. The first-order valence-corrected chi connectivity index (χ1v) is 19.5. The number of nitrogens with zero attached hydrogens (tertiary/aromatic N) is 4. The highest BCUT2D eigenvalue weighted by Gasteiger charge is 2.55. The molecule has 2 aliphatic heterocycles. The number of fused-ring (bicyclic) bond motifs is 4. The largest absolute Gasteiger partial charge is 0.334 e. The van der Waals surface area contributed by atoms with Crippen molar-refractivity contribution in [2.24, 2.45) is 10.8 Å². The van der Waals surface area contributed by atoms with Gasteiger partial charge in [0, 0.05) is 44.6 Å². The summed E-state index contributed by atoms with van der Waals surface area (Å²) in [6, 6.07) is 34.1. The van der Waals surface area contributed by atoms with Gasteiger partial charge < -0.3 is 9.80 Å². The van der Waals surface area contributed by atoms with Crippen LogP contribution in [0.1, 0.15) is 95.8 Å². The average Bonchev–Trinajstić information content (AvgIpc) is 3.15. The minimum atomic E-state index is -0.0534. The first-order chi connectivity index (χ1) is 25.1. The van der Waals surface area contributed by atoms with Gasteiger partial charge in [-0.25, -0.2) is 4.85 Å². The van der Waals surface area contributed by atoms with Crippen molar-refractivity contribution in [2.75, 3.05) is 9.80 Å². The van der Waals surface area contributed by atoms with Crippen LogP contribution in [0.25, 0.3) is 37.2 Å². The van der Waals surface area contributed by atoms with E-state index in [1.165, 1.54) is 105 Å². The van der Waals surface area contributed by atoms with E-state index in [-0.39, 0.29) is 21.9 Å². The summed E-state index contributed by atoms with van der Waals surface area (Å²) >= 11 is 0. The van der Waals surface area contributed by atoms with E-state index in [0.29, 0.717) is 0 Å². The van der Waals surface area contributed by atoms with Gasteiger partial charge in [0.1, 0.15) is 0 Å². The highest BCUT2D eigenvalue weighted by atomic mass is 15.2. The summed E-state index contributed by atoms with van der Waals surface area (Å²) in [5.74, 6) is 0. The Morgan fingerprint density at radius 1 is 0.577 bits per heavy atom. The van der Waals surface area contributed by atoms with E-state index < -0.39 is 0 Å². The Labute approximate surface area is 307 Å². The van der Waals surface area contributed by atoms with Crippen molar-refractivity contribution >= 4 is 60.8 Å². The minimum Gasteiger partial charge on any atom is -0.334 e. The number of benzene rings is 6. The van der Waals surface area contributed by atoms with Crippen LogP contribution < -0.4 is 9.80 Å². The van der Waals surface area contributed by atoms with Crippen molar-refractivity contribution in [3.05, 3.63) is 113 Å². The standard InChI is InChI=1S/C48H46N4/c1-45-22-6-8-24-47(45,3)51(39-18-10-31(30-49)26-34(39)28-45)41-19-13-32-12-17-38-42(20-14-33-11-16-37(41)43(32)44(33)38)52-40-21-15-36(50-5)27-35(40)29-46(2)23-7-9-25-48(46,52)4/h10-21,26-27H,6-9,22-25,28-29H2,1-4H3. The van der Waals surface area contributed by atoms with Gasteiger partial charge in [0.05, 0.1) is 18.2 Å². The third-order valence-electron chi connectivity index (χ3n) is 15.0.